The molecule has 11 heteroatoms. The molecule has 0 saturated carbocycles. The zero-order valence-corrected chi connectivity index (χ0v) is 21.7. The van der Waals surface area contributed by atoms with Crippen LogP contribution in [0.1, 0.15) is 37.3 Å². The van der Waals surface area contributed by atoms with Gasteiger partial charge in [-0.2, -0.15) is 0 Å². The number of alkyl carbamates (subject to hydrolysis) is 1. The Kier molecular flexibility index (Phi) is 12.6. The van der Waals surface area contributed by atoms with Crippen LogP contribution < -0.4 is 11.1 Å². The number of nitrogens with one attached hydrogen (secondary N) is 1. The topological polar surface area (TPSA) is 182 Å². The maximum atomic E-state index is 13.0. The van der Waals surface area contributed by atoms with Crippen molar-refractivity contribution >= 4 is 30.0 Å². The van der Waals surface area contributed by atoms with Crippen molar-refractivity contribution in [1.82, 2.24) is 5.32 Å². The molecule has 2 unspecified atom stereocenters. The van der Waals surface area contributed by atoms with E-state index < -0.39 is 60.3 Å². The Labute approximate surface area is 226 Å². The van der Waals surface area contributed by atoms with Crippen molar-refractivity contribution < 1.29 is 43.7 Å². The van der Waals surface area contributed by atoms with E-state index in [0.717, 1.165) is 6.42 Å². The molecule has 0 radical (unpaired) electrons. The summed E-state index contributed by atoms with van der Waals surface area (Å²) < 4.78 is 9.89. The van der Waals surface area contributed by atoms with Crippen LogP contribution in [0, 0.1) is 11.8 Å². The number of ether oxygens (including phenoxy) is 2. The van der Waals surface area contributed by atoms with E-state index in [4.69, 9.17) is 15.2 Å². The highest BCUT2D eigenvalue weighted by molar-refractivity contribution is 5.94. The minimum absolute atomic E-state index is 0.0398. The fraction of sp³-hybridized carbons (Fsp3) is 0.393. The van der Waals surface area contributed by atoms with E-state index in [1.54, 1.807) is 60.7 Å². The quantitative estimate of drug-likeness (QED) is 0.148. The first-order valence-electron chi connectivity index (χ1n) is 12.6. The van der Waals surface area contributed by atoms with Gasteiger partial charge in [0.15, 0.2) is 0 Å². The molecule has 0 aromatic heterocycles. The molecule has 0 fully saturated rings. The molecule has 0 aliphatic carbocycles. The smallest absolute Gasteiger partial charge is 0.407 e. The maximum Gasteiger partial charge on any atom is 0.407 e. The van der Waals surface area contributed by atoms with Crippen LogP contribution in [0.3, 0.4) is 0 Å². The van der Waals surface area contributed by atoms with Gasteiger partial charge in [0.25, 0.3) is 0 Å². The van der Waals surface area contributed by atoms with Gasteiger partial charge < -0.3 is 30.7 Å². The summed E-state index contributed by atoms with van der Waals surface area (Å²) in [7, 11) is 0. The summed E-state index contributed by atoms with van der Waals surface area (Å²) in [4.78, 5) is 61.8. The molecule has 0 aliphatic rings. The zero-order chi connectivity index (χ0) is 28.8. The van der Waals surface area contributed by atoms with Crippen LogP contribution in [0.5, 0.6) is 0 Å². The van der Waals surface area contributed by atoms with Gasteiger partial charge in [-0.05, 0) is 36.8 Å². The normalized spacial score (nSPS) is 13.8. The second kappa shape index (κ2) is 15.9. The summed E-state index contributed by atoms with van der Waals surface area (Å²) in [6.45, 7) is 1.96. The van der Waals surface area contributed by atoms with Gasteiger partial charge in [-0.15, -0.1) is 0 Å². The number of hydrogen-bond donors (Lipinski definition) is 4. The van der Waals surface area contributed by atoms with E-state index in [2.05, 4.69) is 5.32 Å². The molecule has 2 rings (SSSR count). The standard InChI is InChI=1S/C28H34N2O9/c1-2-3-14-38-28(37)30-22(17-20(24(31)32)15-18-10-6-4-7-11-18)26(35)39-27(36)23(29)21(25(33)34)16-19-12-8-5-9-13-19/h4-13,20-23H,2-3,14-17,29H2,1H3,(H,30,37)(H,31,32)(H,33,34)/t20?,21?,22-,23-/m0/s1. The third-order valence-electron chi connectivity index (χ3n) is 6.02. The summed E-state index contributed by atoms with van der Waals surface area (Å²) in [5.41, 5.74) is 7.18. The molecule has 0 saturated heterocycles. The monoisotopic (exact) mass is 542 g/mol. The Balaban J connectivity index is 2.18. The largest absolute Gasteiger partial charge is 0.481 e. The SMILES string of the molecule is CCCCOC(=O)N[C@@H](CC(Cc1ccccc1)C(=O)O)C(=O)OC(=O)[C@@H](N)C(Cc1ccccc1)C(=O)O. The number of hydrogen-bond acceptors (Lipinski definition) is 8. The average Bonchev–Trinajstić information content (AvgIpc) is 2.91. The number of aliphatic carboxylic acids is 2. The molecule has 0 heterocycles. The van der Waals surface area contributed by atoms with Crippen molar-refractivity contribution in [3.8, 4) is 0 Å². The number of carboxylic acid groups (broad SMARTS) is 2. The second-order valence-electron chi connectivity index (χ2n) is 9.05. The minimum Gasteiger partial charge on any atom is -0.481 e. The molecule has 0 bridgehead atoms. The van der Waals surface area contributed by atoms with Gasteiger partial charge in [-0.25, -0.2) is 14.4 Å². The highest BCUT2D eigenvalue weighted by Gasteiger charge is 2.36. The van der Waals surface area contributed by atoms with Crippen molar-refractivity contribution in [2.45, 2.75) is 51.1 Å². The summed E-state index contributed by atoms with van der Waals surface area (Å²) in [5.74, 6) is -7.71. The molecular weight excluding hydrogens is 508 g/mol. The van der Waals surface area contributed by atoms with Crippen molar-refractivity contribution in [2.24, 2.45) is 17.6 Å². The molecule has 210 valence electrons. The number of amides is 1. The lowest BCUT2D eigenvalue weighted by molar-refractivity contribution is -0.165. The van der Waals surface area contributed by atoms with Crippen LogP contribution in [-0.2, 0) is 41.5 Å². The van der Waals surface area contributed by atoms with Gasteiger partial charge in [0.05, 0.1) is 18.4 Å². The van der Waals surface area contributed by atoms with E-state index in [9.17, 15) is 34.2 Å². The summed E-state index contributed by atoms with van der Waals surface area (Å²) in [5, 5.41) is 21.7. The number of carbonyl (C=O) groups excluding carboxylic acids is 3. The van der Waals surface area contributed by atoms with Gasteiger partial charge in [-0.1, -0.05) is 74.0 Å². The van der Waals surface area contributed by atoms with E-state index in [1.807, 2.05) is 6.92 Å². The first-order chi connectivity index (χ1) is 18.6. The highest BCUT2D eigenvalue weighted by Crippen LogP contribution is 2.18. The first-order valence-corrected chi connectivity index (χ1v) is 12.6. The van der Waals surface area contributed by atoms with Crippen LogP contribution in [-0.4, -0.2) is 58.9 Å². The summed E-state index contributed by atoms with van der Waals surface area (Å²) in [6.07, 6.45) is -0.140. The first kappa shape index (κ1) is 31.0. The molecule has 39 heavy (non-hydrogen) atoms. The molecule has 11 nitrogen and oxygen atoms in total. The number of carbonyl (C=O) groups is 5. The fourth-order valence-corrected chi connectivity index (χ4v) is 3.80. The lowest BCUT2D eigenvalue weighted by Crippen LogP contribution is -2.49. The van der Waals surface area contributed by atoms with Crippen LogP contribution in [0.25, 0.3) is 0 Å². The lowest BCUT2D eigenvalue weighted by Gasteiger charge is -2.23. The zero-order valence-electron chi connectivity index (χ0n) is 21.7. The average molecular weight is 543 g/mol. The Bertz CT molecular complexity index is 1110. The van der Waals surface area contributed by atoms with Gasteiger partial charge in [-0.3, -0.25) is 9.59 Å². The van der Waals surface area contributed by atoms with Crippen LogP contribution in [0.2, 0.25) is 0 Å². The fourth-order valence-electron chi connectivity index (χ4n) is 3.80. The van der Waals surface area contributed by atoms with Crippen LogP contribution in [0.4, 0.5) is 4.79 Å². The van der Waals surface area contributed by atoms with Gasteiger partial charge in [0.1, 0.15) is 12.1 Å². The summed E-state index contributed by atoms with van der Waals surface area (Å²) >= 11 is 0. The molecule has 2 aromatic carbocycles. The van der Waals surface area contributed by atoms with Crippen molar-refractivity contribution in [3.63, 3.8) is 0 Å². The van der Waals surface area contributed by atoms with Crippen LogP contribution in [0.15, 0.2) is 60.7 Å². The third-order valence-corrected chi connectivity index (χ3v) is 6.02. The van der Waals surface area contributed by atoms with Gasteiger partial charge in [0.2, 0.25) is 0 Å². The van der Waals surface area contributed by atoms with Crippen molar-refractivity contribution in [1.29, 1.82) is 0 Å². The summed E-state index contributed by atoms with van der Waals surface area (Å²) in [6, 6.07) is 13.9. The molecule has 0 aliphatic heterocycles. The molecule has 1 amide bonds. The molecule has 5 N–H and O–H groups in total. The van der Waals surface area contributed by atoms with Gasteiger partial charge in [0, 0.05) is 0 Å². The van der Waals surface area contributed by atoms with E-state index in [0.29, 0.717) is 17.5 Å². The minimum atomic E-state index is -1.71. The Morgan fingerprint density at radius 3 is 1.92 bits per heavy atom. The molecular formula is C28H34N2O9. The Morgan fingerprint density at radius 1 is 0.846 bits per heavy atom. The number of benzene rings is 2. The van der Waals surface area contributed by atoms with Gasteiger partial charge >= 0.3 is 30.0 Å². The Hall–Kier alpha value is -4.25. The second-order valence-corrected chi connectivity index (χ2v) is 9.05. The van der Waals surface area contributed by atoms with E-state index in [-0.39, 0.29) is 19.4 Å². The predicted octanol–water partition coefficient (Wildman–Crippen LogP) is 2.56. The van der Waals surface area contributed by atoms with Crippen molar-refractivity contribution in [2.75, 3.05) is 6.61 Å². The van der Waals surface area contributed by atoms with E-state index >= 15 is 0 Å². The maximum absolute atomic E-state index is 13.0. The number of unbranched alkanes of at least 4 members (excludes halogenated alkanes) is 1. The molecule has 4 atom stereocenters. The molecule has 0 spiro atoms. The van der Waals surface area contributed by atoms with E-state index in [1.165, 1.54) is 0 Å². The van der Waals surface area contributed by atoms with Crippen LogP contribution >= 0.6 is 0 Å². The lowest BCUT2D eigenvalue weighted by atomic mass is 9.92. The number of esters is 2. The number of carboxylic acids is 2. The predicted molar refractivity (Wildman–Crippen MR) is 139 cm³/mol. The Morgan fingerprint density at radius 2 is 1.41 bits per heavy atom. The highest BCUT2D eigenvalue weighted by atomic mass is 16.6. The van der Waals surface area contributed by atoms with Crippen molar-refractivity contribution in [3.05, 3.63) is 71.8 Å². The third kappa shape index (κ3) is 10.6. The number of rotatable bonds is 15. The molecule has 2 aromatic rings. The number of nitrogens with two attached hydrogens (primary N) is 1.